The highest BCUT2D eigenvalue weighted by atomic mass is 32.2. The molecule has 0 saturated carbocycles. The number of nitrogens with zero attached hydrogens (tertiary/aromatic N) is 1. The van der Waals surface area contributed by atoms with Crippen LogP contribution in [0.5, 0.6) is 0 Å². The predicted molar refractivity (Wildman–Crippen MR) is 109 cm³/mol. The van der Waals surface area contributed by atoms with Gasteiger partial charge in [0.25, 0.3) is 5.91 Å². The first kappa shape index (κ1) is 20.8. The number of fused-ring (bicyclic) bond motifs is 1. The number of hydrogen-bond acceptors (Lipinski definition) is 5. The van der Waals surface area contributed by atoms with Crippen molar-refractivity contribution in [2.75, 3.05) is 13.2 Å². The quantitative estimate of drug-likeness (QED) is 0.376. The molecule has 29 heavy (non-hydrogen) atoms. The first-order valence-corrected chi connectivity index (χ1v) is 11.0. The molecule has 1 atom stereocenters. The number of hydrogen-bond donors (Lipinski definition) is 0. The minimum Gasteiger partial charge on any atom is -0.463 e. The Morgan fingerprint density at radius 2 is 1.79 bits per heavy atom. The van der Waals surface area contributed by atoms with Crippen molar-refractivity contribution in [3.05, 3.63) is 77.9 Å². The Bertz CT molecular complexity index is 1010. The van der Waals surface area contributed by atoms with Gasteiger partial charge in [-0.05, 0) is 38.0 Å². The van der Waals surface area contributed by atoms with Crippen LogP contribution in [0.4, 0.5) is 0 Å². The molecule has 1 aliphatic heterocycles. The smallest absolute Gasteiger partial charge is 0.330 e. The van der Waals surface area contributed by atoms with Gasteiger partial charge in [0.05, 0.1) is 11.5 Å². The van der Waals surface area contributed by atoms with Crippen molar-refractivity contribution in [2.45, 2.75) is 30.0 Å². The zero-order valence-electron chi connectivity index (χ0n) is 16.2. The van der Waals surface area contributed by atoms with Gasteiger partial charge in [-0.1, -0.05) is 42.5 Å². The molecule has 0 radical (unpaired) electrons. The minimum atomic E-state index is -3.78. The molecule has 6 nitrogen and oxygen atoms in total. The number of benzene rings is 2. The second-order valence-corrected chi connectivity index (χ2v) is 8.60. The van der Waals surface area contributed by atoms with Gasteiger partial charge in [-0.2, -0.15) is 0 Å². The summed E-state index contributed by atoms with van der Waals surface area (Å²) in [6, 6.07) is 15.0. The molecule has 2 aromatic carbocycles. The number of rotatable bonds is 8. The van der Waals surface area contributed by atoms with Crippen molar-refractivity contribution in [2.24, 2.45) is 0 Å². The van der Waals surface area contributed by atoms with E-state index in [0.29, 0.717) is 30.6 Å². The number of esters is 1. The molecule has 1 aliphatic rings. The summed E-state index contributed by atoms with van der Waals surface area (Å²) < 4.78 is 31.5. The zero-order valence-corrected chi connectivity index (χ0v) is 17.0. The van der Waals surface area contributed by atoms with Crippen LogP contribution in [0.3, 0.4) is 0 Å². The van der Waals surface area contributed by atoms with E-state index in [-0.39, 0.29) is 17.3 Å². The number of amides is 1. The van der Waals surface area contributed by atoms with Crippen molar-refractivity contribution in [3.8, 4) is 0 Å². The largest absolute Gasteiger partial charge is 0.463 e. The number of unbranched alkanes of at least 4 members (excludes halogenated alkanes) is 1. The van der Waals surface area contributed by atoms with Crippen molar-refractivity contribution in [1.29, 1.82) is 0 Å². The van der Waals surface area contributed by atoms with E-state index in [1.807, 2.05) is 0 Å². The molecule has 0 aliphatic carbocycles. The van der Waals surface area contributed by atoms with E-state index in [4.69, 9.17) is 4.74 Å². The molecule has 0 saturated heterocycles. The van der Waals surface area contributed by atoms with Crippen LogP contribution in [0.25, 0.3) is 0 Å². The summed E-state index contributed by atoms with van der Waals surface area (Å²) in [6.07, 6.45) is 4.07. The molecule has 0 bridgehead atoms. The van der Waals surface area contributed by atoms with Gasteiger partial charge in [0, 0.05) is 23.7 Å². The van der Waals surface area contributed by atoms with E-state index in [1.54, 1.807) is 67.6 Å². The Kier molecular flexibility index (Phi) is 6.49. The molecule has 1 amide bonds. The lowest BCUT2D eigenvalue weighted by Gasteiger charge is -2.25. The Balaban J connectivity index is 1.82. The SMILES string of the molecule is CCOC(=O)/C=C/CCCN1C(=O)c2ccccc2C1S(=O)(=O)c1ccccc1. The summed E-state index contributed by atoms with van der Waals surface area (Å²) in [7, 11) is -3.78. The summed E-state index contributed by atoms with van der Waals surface area (Å²) >= 11 is 0. The molecule has 0 spiro atoms. The third-order valence-electron chi connectivity index (χ3n) is 4.68. The standard InChI is InChI=1S/C22H23NO5S/c1-2-28-20(24)15-7-4-10-16-23-21(25)18-13-8-9-14-19(18)22(23)29(26,27)17-11-5-3-6-12-17/h3,5-9,11-15,22H,2,4,10,16H2,1H3/b15-7+. The van der Waals surface area contributed by atoms with E-state index < -0.39 is 21.2 Å². The molecule has 7 heteroatoms. The maximum absolute atomic E-state index is 13.3. The summed E-state index contributed by atoms with van der Waals surface area (Å²) in [5, 5.41) is -1.05. The summed E-state index contributed by atoms with van der Waals surface area (Å²) in [5.41, 5.74) is 0.919. The molecule has 0 aromatic heterocycles. The van der Waals surface area contributed by atoms with Gasteiger partial charge in [0.15, 0.2) is 5.37 Å². The molecular weight excluding hydrogens is 390 g/mol. The molecule has 0 N–H and O–H groups in total. The van der Waals surface area contributed by atoms with E-state index in [1.165, 1.54) is 11.0 Å². The maximum atomic E-state index is 13.3. The van der Waals surface area contributed by atoms with E-state index in [9.17, 15) is 18.0 Å². The van der Waals surface area contributed by atoms with Crippen LogP contribution >= 0.6 is 0 Å². The Morgan fingerprint density at radius 3 is 2.52 bits per heavy atom. The highest BCUT2D eigenvalue weighted by Gasteiger charge is 2.44. The average molecular weight is 413 g/mol. The van der Waals surface area contributed by atoms with Gasteiger partial charge in [-0.3, -0.25) is 4.79 Å². The van der Waals surface area contributed by atoms with Crippen molar-refractivity contribution < 1.29 is 22.7 Å². The van der Waals surface area contributed by atoms with Gasteiger partial charge in [0.2, 0.25) is 9.84 Å². The molecule has 1 heterocycles. The van der Waals surface area contributed by atoms with Gasteiger partial charge < -0.3 is 9.64 Å². The van der Waals surface area contributed by atoms with Crippen LogP contribution in [0.1, 0.15) is 41.1 Å². The zero-order chi connectivity index (χ0) is 20.9. The fourth-order valence-corrected chi connectivity index (χ4v) is 5.25. The highest BCUT2D eigenvalue weighted by molar-refractivity contribution is 7.91. The van der Waals surface area contributed by atoms with Crippen LogP contribution in [-0.4, -0.2) is 38.3 Å². The molecule has 1 unspecified atom stereocenters. The lowest BCUT2D eigenvalue weighted by atomic mass is 10.1. The monoisotopic (exact) mass is 413 g/mol. The van der Waals surface area contributed by atoms with Crippen LogP contribution in [0.15, 0.2) is 71.6 Å². The lowest BCUT2D eigenvalue weighted by molar-refractivity contribution is -0.137. The number of ether oxygens (including phenoxy) is 1. The molecule has 0 fully saturated rings. The predicted octanol–water partition coefficient (Wildman–Crippen LogP) is 3.51. The number of carbonyl (C=O) groups is 2. The van der Waals surface area contributed by atoms with Crippen LogP contribution in [-0.2, 0) is 19.4 Å². The third-order valence-corrected chi connectivity index (χ3v) is 6.70. The third kappa shape index (κ3) is 4.40. The van der Waals surface area contributed by atoms with E-state index >= 15 is 0 Å². The van der Waals surface area contributed by atoms with Crippen molar-refractivity contribution in [3.63, 3.8) is 0 Å². The Hall–Kier alpha value is -2.93. The normalized spacial score (nSPS) is 16.2. The topological polar surface area (TPSA) is 80.8 Å². The van der Waals surface area contributed by atoms with Crippen LogP contribution in [0, 0.1) is 0 Å². The maximum Gasteiger partial charge on any atom is 0.330 e. The summed E-state index contributed by atoms with van der Waals surface area (Å²) in [5.74, 6) is -0.707. The second-order valence-electron chi connectivity index (χ2n) is 6.59. The molecule has 152 valence electrons. The molecular formula is C22H23NO5S. The minimum absolute atomic E-state index is 0.182. The average Bonchev–Trinajstić information content (AvgIpc) is 3.01. The second kappa shape index (κ2) is 9.05. The van der Waals surface area contributed by atoms with Crippen LogP contribution in [0.2, 0.25) is 0 Å². The first-order valence-electron chi connectivity index (χ1n) is 9.49. The van der Waals surface area contributed by atoms with Crippen molar-refractivity contribution >= 4 is 21.7 Å². The van der Waals surface area contributed by atoms with E-state index in [0.717, 1.165) is 0 Å². The van der Waals surface area contributed by atoms with Crippen molar-refractivity contribution in [1.82, 2.24) is 4.90 Å². The number of carbonyl (C=O) groups excluding carboxylic acids is 2. The summed E-state index contributed by atoms with van der Waals surface area (Å²) in [4.78, 5) is 25.9. The van der Waals surface area contributed by atoms with Gasteiger partial charge in [-0.15, -0.1) is 0 Å². The fourth-order valence-electron chi connectivity index (χ4n) is 3.38. The highest BCUT2D eigenvalue weighted by Crippen LogP contribution is 2.40. The van der Waals surface area contributed by atoms with Crippen LogP contribution < -0.4 is 0 Å². The lowest BCUT2D eigenvalue weighted by Crippen LogP contribution is -2.33. The first-order chi connectivity index (χ1) is 14.0. The number of allylic oxidation sites excluding steroid dienone is 1. The Labute approximate surface area is 170 Å². The van der Waals surface area contributed by atoms with E-state index in [2.05, 4.69) is 0 Å². The van der Waals surface area contributed by atoms with Gasteiger partial charge >= 0.3 is 5.97 Å². The number of sulfone groups is 1. The molecule has 3 rings (SSSR count). The summed E-state index contributed by atoms with van der Waals surface area (Å²) in [6.45, 7) is 2.30. The Morgan fingerprint density at radius 1 is 1.10 bits per heavy atom. The van der Waals surface area contributed by atoms with Gasteiger partial charge in [-0.25, -0.2) is 13.2 Å². The van der Waals surface area contributed by atoms with Gasteiger partial charge in [0.1, 0.15) is 0 Å². The fraction of sp³-hybridized carbons (Fsp3) is 0.273. The molecule has 2 aromatic rings.